The van der Waals surface area contributed by atoms with E-state index in [0.717, 1.165) is 63.5 Å². The van der Waals surface area contributed by atoms with Crippen LogP contribution in [0.15, 0.2) is 70.9 Å². The average Bonchev–Trinajstić information content (AvgIpc) is 3.34. The third kappa shape index (κ3) is 4.09. The highest BCUT2D eigenvalue weighted by Gasteiger charge is 2.45. The van der Waals surface area contributed by atoms with Crippen LogP contribution in [0.5, 0.6) is 0 Å². The Morgan fingerprint density at radius 2 is 1.44 bits per heavy atom. The van der Waals surface area contributed by atoms with Crippen LogP contribution < -0.4 is 16.4 Å². The van der Waals surface area contributed by atoms with Crippen LogP contribution in [-0.4, -0.2) is 30.8 Å². The number of nitrogens with one attached hydrogen (secondary N) is 2. The number of carbonyl (C=O) groups excluding carboxylic acids is 2. The van der Waals surface area contributed by atoms with E-state index < -0.39 is 5.41 Å². The van der Waals surface area contributed by atoms with Crippen LogP contribution in [0, 0.1) is 5.82 Å². The van der Waals surface area contributed by atoms with E-state index in [1.807, 2.05) is 36.4 Å². The van der Waals surface area contributed by atoms with Crippen molar-refractivity contribution >= 4 is 35.6 Å². The molecule has 1 aliphatic carbocycles. The summed E-state index contributed by atoms with van der Waals surface area (Å²) in [6.07, 6.45) is 3.91. The molecule has 1 aliphatic heterocycles. The van der Waals surface area contributed by atoms with Crippen molar-refractivity contribution in [2.24, 2.45) is 15.9 Å². The molecular formula is C28H26FN5O2. The Kier molecular flexibility index (Phi) is 6.43. The highest BCUT2D eigenvalue weighted by molar-refractivity contribution is 6.19. The number of carbonyl (C=O) groups is 2. The maximum atomic E-state index is 13.5. The molecule has 0 bridgehead atoms. The van der Waals surface area contributed by atoms with E-state index in [-0.39, 0.29) is 5.82 Å². The summed E-state index contributed by atoms with van der Waals surface area (Å²) < 4.78 is 13.5. The smallest absolute Gasteiger partial charge is 0.211 e. The summed E-state index contributed by atoms with van der Waals surface area (Å²) in [5.74, 6) is -0.302. The lowest BCUT2D eigenvalue weighted by Gasteiger charge is -2.37. The molecule has 0 saturated carbocycles. The van der Waals surface area contributed by atoms with Crippen molar-refractivity contribution in [2.75, 3.05) is 17.2 Å². The van der Waals surface area contributed by atoms with Crippen LogP contribution in [0.25, 0.3) is 0 Å². The zero-order valence-electron chi connectivity index (χ0n) is 19.6. The molecule has 36 heavy (non-hydrogen) atoms. The normalized spacial score (nSPS) is 15.6. The van der Waals surface area contributed by atoms with E-state index in [1.165, 1.54) is 12.1 Å². The summed E-state index contributed by atoms with van der Waals surface area (Å²) in [6, 6.07) is 18.1. The van der Waals surface area contributed by atoms with Crippen LogP contribution in [0.3, 0.4) is 0 Å². The number of hydrogen-bond acceptors (Lipinski definition) is 5. The fourth-order valence-electron chi connectivity index (χ4n) is 5.49. The maximum Gasteiger partial charge on any atom is 0.211 e. The van der Waals surface area contributed by atoms with Gasteiger partial charge in [0, 0.05) is 17.8 Å². The second-order valence-corrected chi connectivity index (χ2v) is 8.99. The largest absolute Gasteiger partial charge is 0.330 e. The zero-order valence-corrected chi connectivity index (χ0v) is 19.6. The summed E-state index contributed by atoms with van der Waals surface area (Å²) in [6.45, 7) is 0.409. The van der Waals surface area contributed by atoms with Gasteiger partial charge in [-0.3, -0.25) is 9.59 Å². The summed E-state index contributed by atoms with van der Waals surface area (Å²) >= 11 is 0. The van der Waals surface area contributed by atoms with Gasteiger partial charge >= 0.3 is 0 Å². The summed E-state index contributed by atoms with van der Waals surface area (Å²) in [7, 11) is 0. The lowest BCUT2D eigenvalue weighted by atomic mass is 9.65. The van der Waals surface area contributed by atoms with E-state index in [0.29, 0.717) is 32.2 Å². The number of fused-ring (bicyclic) bond motifs is 2. The molecule has 0 fully saturated rings. The van der Waals surface area contributed by atoms with Crippen molar-refractivity contribution in [3.8, 4) is 0 Å². The molecule has 0 aromatic heterocycles. The number of anilines is 2. The Balaban J connectivity index is 1.67. The van der Waals surface area contributed by atoms with Gasteiger partial charge in [0.2, 0.25) is 12.8 Å². The number of rotatable bonds is 8. The van der Waals surface area contributed by atoms with Gasteiger partial charge in [0.1, 0.15) is 5.82 Å². The minimum absolute atomic E-state index is 0.302. The Labute approximate surface area is 208 Å². The fraction of sp³-hybridized carbons (Fsp3) is 0.214. The first kappa shape index (κ1) is 23.6. The summed E-state index contributed by atoms with van der Waals surface area (Å²) in [4.78, 5) is 22.2. The standard InChI is InChI=1S/C28H26FN5O2/c29-21-5-3-18(4-6-21)26-15-27(34-33-26)28(11-12-30)24-9-7-22(31-16-35)13-19(24)1-2-20-14-23(32-17-36)8-10-25(20)28/h3-10,13-14,16-17H,1-2,11-12,15,30H2,(H,31,35)(H,32,36). The molecule has 4 N–H and O–H groups in total. The van der Waals surface area contributed by atoms with E-state index >= 15 is 0 Å². The topological polar surface area (TPSA) is 109 Å². The first-order valence-electron chi connectivity index (χ1n) is 11.9. The summed E-state index contributed by atoms with van der Waals surface area (Å²) in [5.41, 5.74) is 13.8. The number of nitrogens with two attached hydrogens (primary N) is 1. The predicted octanol–water partition coefficient (Wildman–Crippen LogP) is 3.94. The Morgan fingerprint density at radius 3 is 1.97 bits per heavy atom. The van der Waals surface area contributed by atoms with Crippen molar-refractivity contribution in [1.29, 1.82) is 0 Å². The SMILES string of the molecule is NCCC1(C2=NN=C(c3ccc(F)cc3)C2)c2ccc(NC=O)cc2CCc2cc(NC=O)ccc21. The second-order valence-electron chi connectivity index (χ2n) is 8.99. The van der Waals surface area contributed by atoms with Gasteiger partial charge in [-0.05, 0) is 90.0 Å². The van der Waals surface area contributed by atoms with Crippen molar-refractivity contribution in [3.05, 3.63) is 94.3 Å². The molecule has 0 spiro atoms. The molecule has 182 valence electrons. The van der Waals surface area contributed by atoms with Gasteiger partial charge in [0.15, 0.2) is 0 Å². The maximum absolute atomic E-state index is 13.5. The van der Waals surface area contributed by atoms with E-state index in [4.69, 9.17) is 10.8 Å². The summed E-state index contributed by atoms with van der Waals surface area (Å²) in [5, 5.41) is 14.7. The molecular weight excluding hydrogens is 457 g/mol. The molecule has 0 saturated heterocycles. The van der Waals surface area contributed by atoms with Crippen molar-refractivity contribution in [2.45, 2.75) is 31.1 Å². The molecule has 8 heteroatoms. The molecule has 2 aliphatic rings. The van der Waals surface area contributed by atoms with Gasteiger partial charge in [-0.1, -0.05) is 24.3 Å². The third-order valence-electron chi connectivity index (χ3n) is 7.06. The van der Waals surface area contributed by atoms with Crippen LogP contribution in [-0.2, 0) is 27.8 Å². The monoisotopic (exact) mass is 483 g/mol. The Hall–Kier alpha value is -4.17. The molecule has 0 unspecified atom stereocenters. The lowest BCUT2D eigenvalue weighted by Crippen LogP contribution is -2.40. The fourth-order valence-corrected chi connectivity index (χ4v) is 5.49. The van der Waals surface area contributed by atoms with Crippen molar-refractivity contribution < 1.29 is 14.0 Å². The van der Waals surface area contributed by atoms with E-state index in [1.54, 1.807) is 12.1 Å². The highest BCUT2D eigenvalue weighted by atomic mass is 19.1. The van der Waals surface area contributed by atoms with Gasteiger partial charge < -0.3 is 16.4 Å². The highest BCUT2D eigenvalue weighted by Crippen LogP contribution is 2.46. The number of benzene rings is 3. The lowest BCUT2D eigenvalue weighted by molar-refractivity contribution is -0.106. The zero-order chi connectivity index (χ0) is 25.1. The van der Waals surface area contributed by atoms with Gasteiger partial charge in [0.05, 0.1) is 16.8 Å². The average molecular weight is 484 g/mol. The second kappa shape index (κ2) is 9.83. The predicted molar refractivity (Wildman–Crippen MR) is 139 cm³/mol. The molecule has 7 nitrogen and oxygen atoms in total. The minimum atomic E-state index is -0.652. The van der Waals surface area contributed by atoms with Gasteiger partial charge in [-0.15, -0.1) is 0 Å². The van der Waals surface area contributed by atoms with E-state index in [2.05, 4.69) is 15.7 Å². The quantitative estimate of drug-likeness (QED) is 0.422. The molecule has 1 heterocycles. The van der Waals surface area contributed by atoms with Gasteiger partial charge in [-0.25, -0.2) is 4.39 Å². The van der Waals surface area contributed by atoms with Gasteiger partial charge in [-0.2, -0.15) is 10.2 Å². The minimum Gasteiger partial charge on any atom is -0.330 e. The van der Waals surface area contributed by atoms with E-state index in [9.17, 15) is 14.0 Å². The number of amides is 2. The molecule has 0 radical (unpaired) electrons. The van der Waals surface area contributed by atoms with Crippen LogP contribution in [0.4, 0.5) is 15.8 Å². The molecule has 5 rings (SSSR count). The van der Waals surface area contributed by atoms with Crippen LogP contribution >= 0.6 is 0 Å². The van der Waals surface area contributed by atoms with Crippen molar-refractivity contribution in [1.82, 2.24) is 0 Å². The Morgan fingerprint density at radius 1 is 0.861 bits per heavy atom. The van der Waals surface area contributed by atoms with Crippen LogP contribution in [0.2, 0.25) is 0 Å². The Bertz CT molecular complexity index is 1320. The van der Waals surface area contributed by atoms with Crippen LogP contribution in [0.1, 0.15) is 40.7 Å². The third-order valence-corrected chi connectivity index (χ3v) is 7.06. The number of nitrogens with zero attached hydrogens (tertiary/aromatic N) is 2. The number of hydrogen-bond donors (Lipinski definition) is 3. The first-order valence-corrected chi connectivity index (χ1v) is 11.9. The molecule has 3 aromatic carbocycles. The molecule has 0 atom stereocenters. The van der Waals surface area contributed by atoms with Crippen molar-refractivity contribution in [3.63, 3.8) is 0 Å². The number of aryl methyl sites for hydroxylation is 2. The number of halogens is 1. The first-order chi connectivity index (χ1) is 17.6. The molecule has 2 amide bonds. The molecule has 3 aromatic rings. The van der Waals surface area contributed by atoms with Gasteiger partial charge in [0.25, 0.3) is 0 Å².